The standard InChI is InChI=1S/C28H24BrN3O3/c1-3-7-19(2)35-28(34)30-24-16-12-20(13-17-24)25-18-26(21-8-5-4-6-9-21)32(31-25)27(33)22-10-14-23(29)15-11-22/h1,4-6,8-17,19,26H,7,18H2,2H3,(H,30,34). The average molecular weight is 530 g/mol. The number of carbonyl (C=O) groups is 2. The summed E-state index contributed by atoms with van der Waals surface area (Å²) in [7, 11) is 0. The molecule has 0 aliphatic carbocycles. The van der Waals surface area contributed by atoms with Crippen molar-refractivity contribution in [3.05, 3.63) is 100 Å². The molecular weight excluding hydrogens is 506 g/mol. The minimum Gasteiger partial charge on any atom is -0.445 e. The Kier molecular flexibility index (Phi) is 7.64. The van der Waals surface area contributed by atoms with Crippen LogP contribution in [0.15, 0.2) is 88.4 Å². The first-order valence-electron chi connectivity index (χ1n) is 11.2. The smallest absolute Gasteiger partial charge is 0.411 e. The summed E-state index contributed by atoms with van der Waals surface area (Å²) in [5, 5.41) is 8.98. The summed E-state index contributed by atoms with van der Waals surface area (Å²) in [5.41, 5.74) is 3.83. The summed E-state index contributed by atoms with van der Waals surface area (Å²) >= 11 is 3.41. The Morgan fingerprint density at radius 1 is 1.11 bits per heavy atom. The quantitative estimate of drug-likeness (QED) is 0.375. The molecule has 3 aromatic rings. The van der Waals surface area contributed by atoms with E-state index in [0.717, 1.165) is 21.3 Å². The second kappa shape index (κ2) is 11.0. The molecule has 1 N–H and O–H groups in total. The van der Waals surface area contributed by atoms with Crippen LogP contribution < -0.4 is 5.32 Å². The summed E-state index contributed by atoms with van der Waals surface area (Å²) in [5.74, 6) is 2.30. The van der Waals surface area contributed by atoms with Crippen molar-refractivity contribution in [2.45, 2.75) is 31.9 Å². The molecule has 0 fully saturated rings. The Morgan fingerprint density at radius 3 is 2.46 bits per heavy atom. The SMILES string of the molecule is C#CCC(C)OC(=O)Nc1ccc(C2=NN(C(=O)c3ccc(Br)cc3)C(c3ccccc3)C2)cc1. The van der Waals surface area contributed by atoms with Crippen LogP contribution >= 0.6 is 15.9 Å². The van der Waals surface area contributed by atoms with E-state index in [1.165, 1.54) is 0 Å². The third-order valence-corrected chi connectivity index (χ3v) is 6.10. The molecule has 2 amide bonds. The molecule has 6 nitrogen and oxygen atoms in total. The zero-order valence-electron chi connectivity index (χ0n) is 19.1. The number of anilines is 1. The highest BCUT2D eigenvalue weighted by Crippen LogP contribution is 2.34. The van der Waals surface area contributed by atoms with Gasteiger partial charge in [0.15, 0.2) is 0 Å². The largest absolute Gasteiger partial charge is 0.445 e. The Morgan fingerprint density at radius 2 is 1.80 bits per heavy atom. The third-order valence-electron chi connectivity index (χ3n) is 5.57. The number of nitrogens with zero attached hydrogens (tertiary/aromatic N) is 2. The molecule has 0 saturated carbocycles. The molecule has 2 unspecified atom stereocenters. The van der Waals surface area contributed by atoms with Crippen LogP contribution in [0.25, 0.3) is 0 Å². The van der Waals surface area contributed by atoms with Crippen molar-refractivity contribution in [3.63, 3.8) is 0 Å². The summed E-state index contributed by atoms with van der Waals surface area (Å²) in [4.78, 5) is 25.4. The number of hydrazone groups is 1. The highest BCUT2D eigenvalue weighted by Gasteiger charge is 2.33. The van der Waals surface area contributed by atoms with E-state index in [-0.39, 0.29) is 18.1 Å². The lowest BCUT2D eigenvalue weighted by Gasteiger charge is -2.22. The number of ether oxygens (including phenoxy) is 1. The summed E-state index contributed by atoms with van der Waals surface area (Å²) in [6.07, 6.45) is 5.25. The predicted octanol–water partition coefficient (Wildman–Crippen LogP) is 6.40. The Hall–Kier alpha value is -3.89. The molecule has 176 valence electrons. The van der Waals surface area contributed by atoms with Crippen molar-refractivity contribution >= 4 is 39.3 Å². The second-order valence-electron chi connectivity index (χ2n) is 8.16. The van der Waals surface area contributed by atoms with Crippen LogP contribution in [0.3, 0.4) is 0 Å². The van der Waals surface area contributed by atoms with E-state index in [1.807, 2.05) is 54.6 Å². The molecule has 4 rings (SSSR count). The molecule has 0 saturated heterocycles. The van der Waals surface area contributed by atoms with E-state index >= 15 is 0 Å². The fourth-order valence-corrected chi connectivity index (χ4v) is 4.08. The topological polar surface area (TPSA) is 71.0 Å². The van der Waals surface area contributed by atoms with Crippen LogP contribution in [-0.4, -0.2) is 28.8 Å². The molecule has 7 heteroatoms. The van der Waals surface area contributed by atoms with Crippen LogP contribution in [0.5, 0.6) is 0 Å². The average Bonchev–Trinajstić information content (AvgIpc) is 3.31. The maximum atomic E-state index is 13.4. The van der Waals surface area contributed by atoms with Crippen LogP contribution in [0.4, 0.5) is 10.5 Å². The van der Waals surface area contributed by atoms with E-state index in [2.05, 4.69) is 27.2 Å². The monoisotopic (exact) mass is 529 g/mol. The van der Waals surface area contributed by atoms with Gasteiger partial charge in [-0.3, -0.25) is 10.1 Å². The highest BCUT2D eigenvalue weighted by molar-refractivity contribution is 9.10. The van der Waals surface area contributed by atoms with Crippen LogP contribution in [0.1, 0.15) is 47.3 Å². The van der Waals surface area contributed by atoms with Gasteiger partial charge in [0.05, 0.1) is 11.8 Å². The maximum absolute atomic E-state index is 13.4. The van der Waals surface area contributed by atoms with E-state index in [9.17, 15) is 9.59 Å². The lowest BCUT2D eigenvalue weighted by atomic mass is 9.98. The first-order valence-corrected chi connectivity index (χ1v) is 12.0. The van der Waals surface area contributed by atoms with Gasteiger partial charge in [-0.2, -0.15) is 5.10 Å². The van der Waals surface area contributed by atoms with Crippen molar-refractivity contribution in [2.24, 2.45) is 5.10 Å². The van der Waals surface area contributed by atoms with E-state index in [1.54, 1.807) is 36.2 Å². The minimum absolute atomic E-state index is 0.163. The zero-order valence-corrected chi connectivity index (χ0v) is 20.7. The molecule has 0 radical (unpaired) electrons. The fourth-order valence-electron chi connectivity index (χ4n) is 3.82. The molecule has 3 aromatic carbocycles. The van der Waals surface area contributed by atoms with Crippen molar-refractivity contribution < 1.29 is 14.3 Å². The Labute approximate surface area is 213 Å². The maximum Gasteiger partial charge on any atom is 0.411 e. The highest BCUT2D eigenvalue weighted by atomic mass is 79.9. The summed E-state index contributed by atoms with van der Waals surface area (Å²) < 4.78 is 6.12. The van der Waals surface area contributed by atoms with Gasteiger partial charge in [0, 0.05) is 28.6 Å². The first kappa shape index (κ1) is 24.2. The van der Waals surface area contributed by atoms with Crippen LogP contribution in [0.2, 0.25) is 0 Å². The van der Waals surface area contributed by atoms with Gasteiger partial charge in [0.2, 0.25) is 0 Å². The second-order valence-corrected chi connectivity index (χ2v) is 9.08. The van der Waals surface area contributed by atoms with E-state index in [4.69, 9.17) is 16.3 Å². The molecular formula is C28H24BrN3O3. The number of nitrogens with one attached hydrogen (secondary N) is 1. The van der Waals surface area contributed by atoms with Crippen molar-refractivity contribution in [2.75, 3.05) is 5.32 Å². The Bertz CT molecular complexity index is 1270. The molecule has 1 aliphatic heterocycles. The molecule has 1 heterocycles. The molecule has 2 atom stereocenters. The number of halogens is 1. The normalized spacial score (nSPS) is 15.6. The predicted molar refractivity (Wildman–Crippen MR) is 140 cm³/mol. The fraction of sp³-hybridized carbons (Fsp3) is 0.179. The third kappa shape index (κ3) is 5.97. The molecule has 0 aromatic heterocycles. The van der Waals surface area contributed by atoms with Crippen molar-refractivity contribution in [1.29, 1.82) is 0 Å². The van der Waals surface area contributed by atoms with Gasteiger partial charge in [-0.15, -0.1) is 12.3 Å². The van der Waals surface area contributed by atoms with Gasteiger partial charge in [-0.1, -0.05) is 58.4 Å². The number of amides is 2. The van der Waals surface area contributed by atoms with Crippen molar-refractivity contribution in [3.8, 4) is 12.3 Å². The molecule has 1 aliphatic rings. The van der Waals surface area contributed by atoms with Gasteiger partial charge in [0.1, 0.15) is 6.10 Å². The summed E-state index contributed by atoms with van der Waals surface area (Å²) in [6, 6.07) is 24.2. The number of hydrogen-bond acceptors (Lipinski definition) is 4. The number of carbonyl (C=O) groups excluding carboxylic acids is 2. The summed E-state index contributed by atoms with van der Waals surface area (Å²) in [6.45, 7) is 1.74. The van der Waals surface area contributed by atoms with Gasteiger partial charge in [-0.25, -0.2) is 9.80 Å². The number of hydrogen-bond donors (Lipinski definition) is 1. The van der Waals surface area contributed by atoms with E-state index in [0.29, 0.717) is 24.1 Å². The number of terminal acetylenes is 1. The van der Waals surface area contributed by atoms with Crippen LogP contribution in [-0.2, 0) is 4.74 Å². The molecule has 35 heavy (non-hydrogen) atoms. The van der Waals surface area contributed by atoms with Gasteiger partial charge in [0.25, 0.3) is 5.91 Å². The minimum atomic E-state index is -0.561. The van der Waals surface area contributed by atoms with Crippen molar-refractivity contribution in [1.82, 2.24) is 5.01 Å². The van der Waals surface area contributed by atoms with Crippen LogP contribution in [0, 0.1) is 12.3 Å². The lowest BCUT2D eigenvalue weighted by molar-refractivity contribution is 0.0711. The Balaban J connectivity index is 1.54. The molecule has 0 spiro atoms. The van der Waals surface area contributed by atoms with Gasteiger partial charge < -0.3 is 4.74 Å². The van der Waals surface area contributed by atoms with Gasteiger partial charge >= 0.3 is 6.09 Å². The lowest BCUT2D eigenvalue weighted by Crippen LogP contribution is -2.27. The number of rotatable bonds is 6. The zero-order chi connectivity index (χ0) is 24.8. The first-order chi connectivity index (χ1) is 16.9. The number of benzene rings is 3. The van der Waals surface area contributed by atoms with E-state index < -0.39 is 6.09 Å². The molecule has 0 bridgehead atoms. The van der Waals surface area contributed by atoms with Gasteiger partial charge in [-0.05, 0) is 54.4 Å².